The molecule has 1 aromatic rings. The molecule has 2 fully saturated rings. The standard InChI is InChI=1S/C18H28N2O/c1-17(9-10-19-12-17)13-20-11-5-8-18(14-20,15-21)16-6-3-2-4-7-16/h2-4,6-7,19,21H,5,8-15H2,1H3. The zero-order valence-corrected chi connectivity index (χ0v) is 13.1. The van der Waals surface area contributed by atoms with Gasteiger partial charge in [0.05, 0.1) is 6.61 Å². The van der Waals surface area contributed by atoms with Crippen LogP contribution in [0.1, 0.15) is 31.7 Å². The predicted octanol–water partition coefficient (Wildman–Crippen LogP) is 2.01. The minimum absolute atomic E-state index is 0.0676. The van der Waals surface area contributed by atoms with Crippen LogP contribution in [0, 0.1) is 5.41 Å². The molecule has 2 atom stereocenters. The van der Waals surface area contributed by atoms with Crippen LogP contribution >= 0.6 is 0 Å². The van der Waals surface area contributed by atoms with Crippen molar-refractivity contribution in [3.8, 4) is 0 Å². The third-order valence-electron chi connectivity index (χ3n) is 5.41. The van der Waals surface area contributed by atoms with Crippen molar-refractivity contribution < 1.29 is 5.11 Å². The molecule has 116 valence electrons. The maximum atomic E-state index is 10.1. The average Bonchev–Trinajstić information content (AvgIpc) is 2.94. The molecule has 0 amide bonds. The van der Waals surface area contributed by atoms with Crippen molar-refractivity contribution in [2.45, 2.75) is 31.6 Å². The Morgan fingerprint density at radius 2 is 2.05 bits per heavy atom. The minimum Gasteiger partial charge on any atom is -0.395 e. The summed E-state index contributed by atoms with van der Waals surface area (Å²) >= 11 is 0. The molecule has 0 bridgehead atoms. The van der Waals surface area contributed by atoms with E-state index in [1.54, 1.807) is 0 Å². The second-order valence-corrected chi connectivity index (χ2v) is 7.36. The molecule has 3 nitrogen and oxygen atoms in total. The summed E-state index contributed by atoms with van der Waals surface area (Å²) in [5.41, 5.74) is 1.63. The number of nitrogens with zero attached hydrogens (tertiary/aromatic N) is 1. The zero-order valence-electron chi connectivity index (χ0n) is 13.1. The van der Waals surface area contributed by atoms with Crippen LogP contribution in [0.2, 0.25) is 0 Å². The molecule has 3 heteroatoms. The van der Waals surface area contributed by atoms with Crippen molar-refractivity contribution >= 4 is 0 Å². The SMILES string of the molecule is CC1(CN2CCCC(CO)(c3ccccc3)C2)CCNC1. The summed E-state index contributed by atoms with van der Waals surface area (Å²) in [4.78, 5) is 2.58. The maximum absolute atomic E-state index is 10.1. The van der Waals surface area contributed by atoms with E-state index in [4.69, 9.17) is 0 Å². The number of benzene rings is 1. The smallest absolute Gasteiger partial charge is 0.0540 e. The summed E-state index contributed by atoms with van der Waals surface area (Å²) < 4.78 is 0. The van der Waals surface area contributed by atoms with E-state index < -0.39 is 0 Å². The van der Waals surface area contributed by atoms with Crippen LogP contribution in [0.15, 0.2) is 30.3 Å². The first kappa shape index (κ1) is 15.0. The third-order valence-corrected chi connectivity index (χ3v) is 5.41. The zero-order chi connectivity index (χ0) is 14.8. The largest absolute Gasteiger partial charge is 0.395 e. The first-order valence-electron chi connectivity index (χ1n) is 8.25. The Kier molecular flexibility index (Phi) is 4.34. The number of rotatable bonds is 4. The Balaban J connectivity index is 1.74. The predicted molar refractivity (Wildman–Crippen MR) is 86.5 cm³/mol. The maximum Gasteiger partial charge on any atom is 0.0540 e. The molecule has 0 aliphatic carbocycles. The highest BCUT2D eigenvalue weighted by Crippen LogP contribution is 2.36. The number of hydrogen-bond donors (Lipinski definition) is 2. The summed E-state index contributed by atoms with van der Waals surface area (Å²) in [6.45, 7) is 8.23. The summed E-state index contributed by atoms with van der Waals surface area (Å²) in [5, 5.41) is 13.6. The number of likely N-dealkylation sites (tertiary alicyclic amines) is 1. The Labute approximate surface area is 128 Å². The van der Waals surface area contributed by atoms with E-state index in [1.807, 2.05) is 0 Å². The normalized spacial score (nSPS) is 34.2. The lowest BCUT2D eigenvalue weighted by Gasteiger charge is -2.44. The molecule has 0 radical (unpaired) electrons. The van der Waals surface area contributed by atoms with Crippen LogP contribution in [0.25, 0.3) is 0 Å². The number of nitrogens with one attached hydrogen (secondary N) is 1. The molecule has 2 aliphatic rings. The van der Waals surface area contributed by atoms with Gasteiger partial charge in [-0.05, 0) is 43.3 Å². The number of hydrogen-bond acceptors (Lipinski definition) is 3. The molecular formula is C18H28N2O. The molecule has 2 saturated heterocycles. The fourth-order valence-electron chi connectivity index (χ4n) is 4.15. The number of aliphatic hydroxyl groups excluding tert-OH is 1. The van der Waals surface area contributed by atoms with Crippen molar-refractivity contribution in [1.29, 1.82) is 0 Å². The van der Waals surface area contributed by atoms with Gasteiger partial charge in [0, 0.05) is 25.0 Å². The Bertz CT molecular complexity index is 456. The van der Waals surface area contributed by atoms with Gasteiger partial charge in [-0.1, -0.05) is 37.3 Å². The van der Waals surface area contributed by atoms with E-state index in [0.29, 0.717) is 5.41 Å². The molecule has 2 N–H and O–H groups in total. The number of aliphatic hydroxyl groups is 1. The van der Waals surface area contributed by atoms with Gasteiger partial charge in [0.2, 0.25) is 0 Å². The van der Waals surface area contributed by atoms with Gasteiger partial charge in [0.15, 0.2) is 0 Å². The van der Waals surface area contributed by atoms with Crippen molar-refractivity contribution in [3.05, 3.63) is 35.9 Å². The first-order chi connectivity index (χ1) is 10.2. The Morgan fingerprint density at radius 1 is 1.24 bits per heavy atom. The molecule has 0 spiro atoms. The lowest BCUT2D eigenvalue weighted by Crippen LogP contribution is -2.51. The van der Waals surface area contributed by atoms with Gasteiger partial charge in [-0.2, -0.15) is 0 Å². The molecule has 3 rings (SSSR count). The minimum atomic E-state index is -0.0676. The van der Waals surface area contributed by atoms with Gasteiger partial charge >= 0.3 is 0 Å². The van der Waals surface area contributed by atoms with E-state index in [1.165, 1.54) is 24.9 Å². The van der Waals surface area contributed by atoms with E-state index >= 15 is 0 Å². The quantitative estimate of drug-likeness (QED) is 0.890. The van der Waals surface area contributed by atoms with E-state index in [-0.39, 0.29) is 12.0 Å². The fourth-order valence-corrected chi connectivity index (χ4v) is 4.15. The molecule has 2 aliphatic heterocycles. The van der Waals surface area contributed by atoms with Gasteiger partial charge in [-0.15, -0.1) is 0 Å². The third kappa shape index (κ3) is 3.15. The molecule has 2 heterocycles. The molecular weight excluding hydrogens is 260 g/mol. The van der Waals surface area contributed by atoms with Crippen LogP contribution in [-0.4, -0.2) is 49.3 Å². The van der Waals surface area contributed by atoms with Crippen LogP contribution in [0.4, 0.5) is 0 Å². The van der Waals surface area contributed by atoms with E-state index in [2.05, 4.69) is 47.5 Å². The summed E-state index contributed by atoms with van der Waals surface area (Å²) in [6.07, 6.45) is 3.54. The van der Waals surface area contributed by atoms with Crippen LogP contribution in [-0.2, 0) is 5.41 Å². The van der Waals surface area contributed by atoms with Crippen LogP contribution in [0.5, 0.6) is 0 Å². The monoisotopic (exact) mass is 288 g/mol. The topological polar surface area (TPSA) is 35.5 Å². The Morgan fingerprint density at radius 3 is 2.71 bits per heavy atom. The van der Waals surface area contributed by atoms with Crippen molar-refractivity contribution in [1.82, 2.24) is 10.2 Å². The highest BCUT2D eigenvalue weighted by atomic mass is 16.3. The molecule has 0 saturated carbocycles. The lowest BCUT2D eigenvalue weighted by atomic mass is 9.74. The summed E-state index contributed by atoms with van der Waals surface area (Å²) in [7, 11) is 0. The second kappa shape index (κ2) is 6.07. The van der Waals surface area contributed by atoms with Gasteiger partial charge < -0.3 is 15.3 Å². The van der Waals surface area contributed by atoms with Gasteiger partial charge in [0.25, 0.3) is 0 Å². The summed E-state index contributed by atoms with van der Waals surface area (Å²) in [6, 6.07) is 10.6. The molecule has 21 heavy (non-hydrogen) atoms. The van der Waals surface area contributed by atoms with Crippen molar-refractivity contribution in [3.63, 3.8) is 0 Å². The molecule has 0 aromatic heterocycles. The van der Waals surface area contributed by atoms with Crippen molar-refractivity contribution in [2.75, 3.05) is 39.3 Å². The number of piperidine rings is 1. The molecule has 1 aromatic carbocycles. The Hall–Kier alpha value is -0.900. The highest BCUT2D eigenvalue weighted by molar-refractivity contribution is 5.27. The molecule has 2 unspecified atom stereocenters. The van der Waals surface area contributed by atoms with Crippen LogP contribution < -0.4 is 5.32 Å². The summed E-state index contributed by atoms with van der Waals surface area (Å²) in [5.74, 6) is 0. The van der Waals surface area contributed by atoms with Crippen LogP contribution in [0.3, 0.4) is 0 Å². The average molecular weight is 288 g/mol. The van der Waals surface area contributed by atoms with Gasteiger partial charge in [-0.25, -0.2) is 0 Å². The van der Waals surface area contributed by atoms with E-state index in [0.717, 1.165) is 32.6 Å². The van der Waals surface area contributed by atoms with Crippen molar-refractivity contribution in [2.24, 2.45) is 5.41 Å². The first-order valence-corrected chi connectivity index (χ1v) is 8.25. The van der Waals surface area contributed by atoms with Gasteiger partial charge in [-0.3, -0.25) is 0 Å². The van der Waals surface area contributed by atoms with Gasteiger partial charge in [0.1, 0.15) is 0 Å². The highest BCUT2D eigenvalue weighted by Gasteiger charge is 2.39. The second-order valence-electron chi connectivity index (χ2n) is 7.36. The fraction of sp³-hybridized carbons (Fsp3) is 0.667. The van der Waals surface area contributed by atoms with E-state index in [9.17, 15) is 5.11 Å². The lowest BCUT2D eigenvalue weighted by molar-refractivity contribution is 0.0652.